The molecule has 20 heavy (non-hydrogen) atoms. The number of halogens is 1. The lowest BCUT2D eigenvalue weighted by atomic mass is 10.0. The number of carbonyl (C=O) groups excluding carboxylic acids is 2. The topological polar surface area (TPSA) is 83.1 Å². The summed E-state index contributed by atoms with van der Waals surface area (Å²) in [7, 11) is 1.37. The predicted octanol–water partition coefficient (Wildman–Crippen LogP) is 2.57. The van der Waals surface area contributed by atoms with E-state index in [0.29, 0.717) is 5.58 Å². The van der Waals surface area contributed by atoms with Crippen LogP contribution in [0.1, 0.15) is 16.1 Å². The van der Waals surface area contributed by atoms with Gasteiger partial charge in [0.1, 0.15) is 5.58 Å². The van der Waals surface area contributed by atoms with Crippen molar-refractivity contribution in [3.8, 4) is 6.07 Å². The number of nitrogens with one attached hydrogen (secondary N) is 1. The van der Waals surface area contributed by atoms with Gasteiger partial charge in [0.2, 0.25) is 11.7 Å². The van der Waals surface area contributed by atoms with Crippen LogP contribution in [0.5, 0.6) is 0 Å². The standard InChI is InChI=1S/C14H11BrN2O3/c1-7-3-9(15)4-8-5-11(20-13(7)8)12(18)10(6-16)14(19)17-2/h3-5,10H,1-2H3,(H,17,19)/t10-/m1/s1. The molecule has 0 radical (unpaired) electrons. The van der Waals surface area contributed by atoms with Crippen molar-refractivity contribution in [3.05, 3.63) is 34.0 Å². The highest BCUT2D eigenvalue weighted by Crippen LogP contribution is 2.28. The van der Waals surface area contributed by atoms with Crippen LogP contribution in [0.2, 0.25) is 0 Å². The van der Waals surface area contributed by atoms with Gasteiger partial charge in [-0.05, 0) is 30.7 Å². The average Bonchev–Trinajstić information content (AvgIpc) is 2.83. The maximum absolute atomic E-state index is 12.2. The van der Waals surface area contributed by atoms with E-state index in [1.165, 1.54) is 7.05 Å². The van der Waals surface area contributed by atoms with E-state index in [2.05, 4.69) is 21.2 Å². The Hall–Kier alpha value is -2.13. The van der Waals surface area contributed by atoms with Crippen LogP contribution in [0.25, 0.3) is 11.0 Å². The van der Waals surface area contributed by atoms with E-state index in [0.717, 1.165) is 15.4 Å². The van der Waals surface area contributed by atoms with Gasteiger partial charge in [0, 0.05) is 16.9 Å². The molecular formula is C14H11BrN2O3. The first kappa shape index (κ1) is 14.3. The normalized spacial score (nSPS) is 11.9. The Morgan fingerprint density at radius 1 is 1.40 bits per heavy atom. The molecule has 1 heterocycles. The molecule has 0 saturated heterocycles. The lowest BCUT2D eigenvalue weighted by Crippen LogP contribution is -2.31. The smallest absolute Gasteiger partial charge is 0.245 e. The second-order valence-electron chi connectivity index (χ2n) is 4.29. The molecule has 102 valence electrons. The van der Waals surface area contributed by atoms with Gasteiger partial charge in [0.25, 0.3) is 0 Å². The zero-order chi connectivity index (χ0) is 14.9. The monoisotopic (exact) mass is 334 g/mol. The summed E-state index contributed by atoms with van der Waals surface area (Å²) in [6, 6.07) is 6.91. The third kappa shape index (κ3) is 2.45. The van der Waals surface area contributed by atoms with E-state index in [1.807, 2.05) is 19.1 Å². The summed E-state index contributed by atoms with van der Waals surface area (Å²) in [5.41, 5.74) is 1.44. The highest BCUT2D eigenvalue weighted by atomic mass is 79.9. The molecule has 1 atom stereocenters. The van der Waals surface area contributed by atoms with Crippen LogP contribution in [0, 0.1) is 24.2 Å². The molecule has 6 heteroatoms. The molecule has 5 nitrogen and oxygen atoms in total. The molecule has 1 N–H and O–H groups in total. The Bertz CT molecular complexity index is 743. The molecule has 0 aliphatic carbocycles. The van der Waals surface area contributed by atoms with Gasteiger partial charge in [-0.15, -0.1) is 0 Å². The van der Waals surface area contributed by atoms with Gasteiger partial charge in [-0.1, -0.05) is 15.9 Å². The fourth-order valence-electron chi connectivity index (χ4n) is 1.93. The molecule has 0 spiro atoms. The highest BCUT2D eigenvalue weighted by molar-refractivity contribution is 9.10. The summed E-state index contributed by atoms with van der Waals surface area (Å²) < 4.78 is 6.36. The van der Waals surface area contributed by atoms with Gasteiger partial charge in [0.15, 0.2) is 11.7 Å². The van der Waals surface area contributed by atoms with Crippen molar-refractivity contribution in [3.63, 3.8) is 0 Å². The first-order valence-corrected chi connectivity index (χ1v) is 6.62. The van der Waals surface area contributed by atoms with Gasteiger partial charge in [0.05, 0.1) is 6.07 Å². The fourth-order valence-corrected chi connectivity index (χ4v) is 2.52. The number of carbonyl (C=O) groups is 2. The SMILES string of the molecule is CNC(=O)[C@H](C#N)C(=O)c1cc2cc(Br)cc(C)c2o1. The predicted molar refractivity (Wildman–Crippen MR) is 76.2 cm³/mol. The van der Waals surface area contributed by atoms with E-state index < -0.39 is 17.6 Å². The lowest BCUT2D eigenvalue weighted by Gasteiger charge is -2.03. The van der Waals surface area contributed by atoms with Crippen molar-refractivity contribution >= 4 is 38.6 Å². The Kier molecular flexibility index (Phi) is 3.91. The van der Waals surface area contributed by atoms with Crippen LogP contribution >= 0.6 is 15.9 Å². The third-order valence-electron chi connectivity index (χ3n) is 2.91. The van der Waals surface area contributed by atoms with Crippen LogP contribution < -0.4 is 5.32 Å². The maximum Gasteiger partial charge on any atom is 0.245 e. The van der Waals surface area contributed by atoms with Crippen molar-refractivity contribution in [1.82, 2.24) is 5.32 Å². The lowest BCUT2D eigenvalue weighted by molar-refractivity contribution is -0.121. The Balaban J connectivity index is 2.48. The Morgan fingerprint density at radius 3 is 2.70 bits per heavy atom. The molecule has 1 amide bonds. The number of hydrogen-bond donors (Lipinski definition) is 1. The van der Waals surface area contributed by atoms with E-state index in [1.54, 1.807) is 12.1 Å². The minimum atomic E-state index is -1.40. The fraction of sp³-hybridized carbons (Fsp3) is 0.214. The number of furan rings is 1. The minimum Gasteiger partial charge on any atom is -0.453 e. The first-order chi connectivity index (χ1) is 9.47. The molecule has 0 unspecified atom stereocenters. The summed E-state index contributed by atoms with van der Waals surface area (Å²) in [6.07, 6.45) is 0. The highest BCUT2D eigenvalue weighted by Gasteiger charge is 2.29. The molecule has 0 aliphatic heterocycles. The van der Waals surface area contributed by atoms with E-state index >= 15 is 0 Å². The number of fused-ring (bicyclic) bond motifs is 1. The van der Waals surface area contributed by atoms with Gasteiger partial charge < -0.3 is 9.73 Å². The molecule has 0 fully saturated rings. The summed E-state index contributed by atoms with van der Waals surface area (Å²) in [5, 5.41) is 12.0. The molecule has 0 saturated carbocycles. The van der Waals surface area contributed by atoms with E-state index in [-0.39, 0.29) is 5.76 Å². The molecule has 1 aromatic carbocycles. The summed E-state index contributed by atoms with van der Waals surface area (Å²) >= 11 is 3.36. The molecule has 1 aromatic heterocycles. The number of aryl methyl sites for hydroxylation is 1. The van der Waals surface area contributed by atoms with Crippen molar-refractivity contribution in [2.75, 3.05) is 7.05 Å². The molecular weight excluding hydrogens is 324 g/mol. The van der Waals surface area contributed by atoms with Crippen LogP contribution in [0.15, 0.2) is 27.1 Å². The van der Waals surface area contributed by atoms with Gasteiger partial charge in [-0.3, -0.25) is 9.59 Å². The van der Waals surface area contributed by atoms with Crippen LogP contribution in [-0.4, -0.2) is 18.7 Å². The second kappa shape index (κ2) is 5.47. The number of amides is 1. The van der Waals surface area contributed by atoms with Gasteiger partial charge in [-0.2, -0.15) is 5.26 Å². The zero-order valence-corrected chi connectivity index (χ0v) is 12.4. The number of nitriles is 1. The van der Waals surface area contributed by atoms with Crippen molar-refractivity contribution < 1.29 is 14.0 Å². The van der Waals surface area contributed by atoms with Crippen LogP contribution in [0.3, 0.4) is 0 Å². The first-order valence-electron chi connectivity index (χ1n) is 5.83. The third-order valence-corrected chi connectivity index (χ3v) is 3.37. The average molecular weight is 335 g/mol. The quantitative estimate of drug-likeness (QED) is 0.690. The number of Topliss-reactive ketones (excluding diaryl/α,β-unsaturated/α-hetero) is 1. The molecule has 0 aliphatic rings. The van der Waals surface area contributed by atoms with Gasteiger partial charge in [-0.25, -0.2) is 0 Å². The van der Waals surface area contributed by atoms with Crippen molar-refractivity contribution in [2.45, 2.75) is 6.92 Å². The van der Waals surface area contributed by atoms with Gasteiger partial charge >= 0.3 is 0 Å². The number of ketones is 1. The Morgan fingerprint density at radius 2 is 2.10 bits per heavy atom. The zero-order valence-electron chi connectivity index (χ0n) is 10.9. The van der Waals surface area contributed by atoms with Crippen molar-refractivity contribution in [2.24, 2.45) is 5.92 Å². The number of hydrogen-bond acceptors (Lipinski definition) is 4. The van der Waals surface area contributed by atoms with Crippen LogP contribution in [-0.2, 0) is 4.79 Å². The minimum absolute atomic E-state index is 0.0105. The number of benzene rings is 1. The molecule has 2 rings (SSSR count). The van der Waals surface area contributed by atoms with E-state index in [4.69, 9.17) is 9.68 Å². The summed E-state index contributed by atoms with van der Waals surface area (Å²) in [4.78, 5) is 23.6. The van der Waals surface area contributed by atoms with Crippen molar-refractivity contribution in [1.29, 1.82) is 5.26 Å². The largest absolute Gasteiger partial charge is 0.453 e. The maximum atomic E-state index is 12.2. The van der Waals surface area contributed by atoms with E-state index in [9.17, 15) is 9.59 Å². The molecule has 2 aromatic rings. The summed E-state index contributed by atoms with van der Waals surface area (Å²) in [5.74, 6) is -2.67. The second-order valence-corrected chi connectivity index (χ2v) is 5.21. The number of rotatable bonds is 3. The Labute approximate surface area is 123 Å². The van der Waals surface area contributed by atoms with Crippen LogP contribution in [0.4, 0.5) is 0 Å². The molecule has 0 bridgehead atoms. The number of nitrogens with zero attached hydrogens (tertiary/aromatic N) is 1. The summed E-state index contributed by atoms with van der Waals surface area (Å²) in [6.45, 7) is 1.85.